The molecule has 130 valence electrons. The SMILES string of the molecule is CC.CC.CC(=NC(C)c1ccccc1)N=C(C)c1ccccc1. The third-order valence-electron chi connectivity index (χ3n) is 3.18. The van der Waals surface area contributed by atoms with Gasteiger partial charge in [0.25, 0.3) is 0 Å². The molecule has 0 amide bonds. The van der Waals surface area contributed by atoms with Gasteiger partial charge in [0.05, 0.1) is 6.04 Å². The van der Waals surface area contributed by atoms with E-state index in [0.717, 1.165) is 17.1 Å². The maximum absolute atomic E-state index is 4.64. The van der Waals surface area contributed by atoms with Crippen molar-refractivity contribution in [3.8, 4) is 0 Å². The van der Waals surface area contributed by atoms with Crippen molar-refractivity contribution in [1.82, 2.24) is 0 Å². The van der Waals surface area contributed by atoms with E-state index >= 15 is 0 Å². The van der Waals surface area contributed by atoms with E-state index in [0.29, 0.717) is 0 Å². The smallest absolute Gasteiger partial charge is 0.121 e. The minimum absolute atomic E-state index is 0.128. The Labute approximate surface area is 148 Å². The predicted octanol–water partition coefficient (Wildman–Crippen LogP) is 6.73. The zero-order chi connectivity index (χ0) is 18.4. The van der Waals surface area contributed by atoms with Crippen LogP contribution >= 0.6 is 0 Å². The van der Waals surface area contributed by atoms with Crippen LogP contribution in [0, 0.1) is 0 Å². The van der Waals surface area contributed by atoms with E-state index in [1.54, 1.807) is 0 Å². The van der Waals surface area contributed by atoms with Gasteiger partial charge in [-0.2, -0.15) is 0 Å². The number of hydrogen-bond acceptors (Lipinski definition) is 1. The Hall–Kier alpha value is -2.22. The van der Waals surface area contributed by atoms with E-state index in [2.05, 4.69) is 41.2 Å². The van der Waals surface area contributed by atoms with E-state index in [1.165, 1.54) is 5.56 Å². The first-order valence-electron chi connectivity index (χ1n) is 8.87. The van der Waals surface area contributed by atoms with Gasteiger partial charge in [0.2, 0.25) is 0 Å². The highest BCUT2D eigenvalue weighted by Gasteiger charge is 2.03. The molecule has 2 aromatic carbocycles. The summed E-state index contributed by atoms with van der Waals surface area (Å²) in [5, 5.41) is 0. The third-order valence-corrected chi connectivity index (χ3v) is 3.18. The summed E-state index contributed by atoms with van der Waals surface area (Å²) < 4.78 is 0. The monoisotopic (exact) mass is 324 g/mol. The lowest BCUT2D eigenvalue weighted by Gasteiger charge is -2.07. The first-order chi connectivity index (χ1) is 11.7. The van der Waals surface area contributed by atoms with Gasteiger partial charge < -0.3 is 0 Å². The number of rotatable bonds is 3. The topological polar surface area (TPSA) is 24.7 Å². The summed E-state index contributed by atoms with van der Waals surface area (Å²) in [7, 11) is 0. The molecule has 1 atom stereocenters. The van der Waals surface area contributed by atoms with Crippen molar-refractivity contribution in [3.05, 3.63) is 71.8 Å². The number of hydrogen-bond donors (Lipinski definition) is 0. The van der Waals surface area contributed by atoms with Crippen molar-refractivity contribution in [1.29, 1.82) is 0 Å². The molecule has 0 saturated carbocycles. The Balaban J connectivity index is 0.00000123. The maximum atomic E-state index is 4.64. The summed E-state index contributed by atoms with van der Waals surface area (Å²) in [6, 6.07) is 20.6. The maximum Gasteiger partial charge on any atom is 0.121 e. The second-order valence-electron chi connectivity index (χ2n) is 4.83. The molecule has 0 aliphatic heterocycles. The summed E-state index contributed by atoms with van der Waals surface area (Å²) in [5.41, 5.74) is 3.33. The van der Waals surface area contributed by atoms with Crippen molar-refractivity contribution in [2.45, 2.75) is 54.5 Å². The lowest BCUT2D eigenvalue weighted by atomic mass is 10.1. The molecule has 0 radical (unpaired) electrons. The quantitative estimate of drug-likeness (QED) is 0.442. The van der Waals surface area contributed by atoms with E-state index in [9.17, 15) is 0 Å². The van der Waals surface area contributed by atoms with Crippen LogP contribution in [0.5, 0.6) is 0 Å². The molecular formula is C22H32N2. The Bertz CT molecular complexity index is 598. The summed E-state index contributed by atoms with van der Waals surface area (Å²) in [4.78, 5) is 9.22. The number of amidine groups is 1. The fraction of sp³-hybridized carbons (Fsp3) is 0.364. The van der Waals surface area contributed by atoms with Crippen LogP contribution in [0.15, 0.2) is 70.6 Å². The van der Waals surface area contributed by atoms with Crippen LogP contribution in [0.25, 0.3) is 0 Å². The molecule has 0 heterocycles. The first kappa shape index (κ1) is 21.8. The predicted molar refractivity (Wildman–Crippen MR) is 109 cm³/mol. The summed E-state index contributed by atoms with van der Waals surface area (Å²) in [6.45, 7) is 14.1. The Morgan fingerprint density at radius 2 is 1.21 bits per heavy atom. The lowest BCUT2D eigenvalue weighted by Crippen LogP contribution is -2.00. The zero-order valence-electron chi connectivity index (χ0n) is 16.2. The van der Waals surface area contributed by atoms with Crippen LogP contribution in [0.4, 0.5) is 0 Å². The second-order valence-corrected chi connectivity index (χ2v) is 4.83. The lowest BCUT2D eigenvalue weighted by molar-refractivity contribution is 0.817. The summed E-state index contributed by atoms with van der Waals surface area (Å²) in [5.74, 6) is 0.808. The van der Waals surface area contributed by atoms with Crippen molar-refractivity contribution in [3.63, 3.8) is 0 Å². The fourth-order valence-corrected chi connectivity index (χ4v) is 2.10. The van der Waals surface area contributed by atoms with Gasteiger partial charge in [-0.05, 0) is 31.9 Å². The van der Waals surface area contributed by atoms with Gasteiger partial charge in [-0.3, -0.25) is 4.99 Å². The molecular weight excluding hydrogens is 292 g/mol. The van der Waals surface area contributed by atoms with Gasteiger partial charge in [-0.25, -0.2) is 4.99 Å². The summed E-state index contributed by atoms with van der Waals surface area (Å²) in [6.07, 6.45) is 0. The molecule has 1 unspecified atom stereocenters. The second kappa shape index (κ2) is 13.2. The highest BCUT2D eigenvalue weighted by molar-refractivity contribution is 6.05. The van der Waals surface area contributed by atoms with Gasteiger partial charge in [0, 0.05) is 5.71 Å². The van der Waals surface area contributed by atoms with Crippen LogP contribution in [0.3, 0.4) is 0 Å². The average Bonchev–Trinajstić information content (AvgIpc) is 2.66. The minimum Gasteiger partial charge on any atom is -0.263 e. The largest absolute Gasteiger partial charge is 0.263 e. The van der Waals surface area contributed by atoms with Gasteiger partial charge in [-0.15, -0.1) is 0 Å². The van der Waals surface area contributed by atoms with Crippen molar-refractivity contribution in [2.75, 3.05) is 0 Å². The Morgan fingerprint density at radius 3 is 1.71 bits per heavy atom. The van der Waals surface area contributed by atoms with E-state index in [-0.39, 0.29) is 6.04 Å². The highest BCUT2D eigenvalue weighted by Crippen LogP contribution is 2.16. The zero-order valence-corrected chi connectivity index (χ0v) is 16.2. The normalized spacial score (nSPS) is 12.3. The van der Waals surface area contributed by atoms with E-state index in [1.807, 2.05) is 77.9 Å². The molecule has 2 aromatic rings. The van der Waals surface area contributed by atoms with Crippen LogP contribution in [0.1, 0.15) is 65.6 Å². The number of aliphatic imine (C=N–C) groups is 2. The molecule has 0 aromatic heterocycles. The van der Waals surface area contributed by atoms with E-state index < -0.39 is 0 Å². The number of benzene rings is 2. The van der Waals surface area contributed by atoms with Crippen molar-refractivity contribution >= 4 is 11.5 Å². The molecule has 0 fully saturated rings. The molecule has 0 N–H and O–H groups in total. The molecule has 0 aliphatic carbocycles. The third kappa shape index (κ3) is 7.87. The van der Waals surface area contributed by atoms with Crippen LogP contribution < -0.4 is 0 Å². The Morgan fingerprint density at radius 1 is 0.750 bits per heavy atom. The van der Waals surface area contributed by atoms with Gasteiger partial charge in [0.15, 0.2) is 0 Å². The Kier molecular flexibility index (Phi) is 12.0. The van der Waals surface area contributed by atoms with Crippen LogP contribution in [-0.2, 0) is 0 Å². The van der Waals surface area contributed by atoms with Crippen LogP contribution in [0.2, 0.25) is 0 Å². The van der Waals surface area contributed by atoms with Crippen molar-refractivity contribution in [2.24, 2.45) is 9.98 Å². The fourth-order valence-electron chi connectivity index (χ4n) is 2.10. The molecule has 0 spiro atoms. The molecule has 0 aliphatic rings. The van der Waals surface area contributed by atoms with Crippen molar-refractivity contribution < 1.29 is 0 Å². The van der Waals surface area contributed by atoms with Gasteiger partial charge in [0.1, 0.15) is 5.84 Å². The molecule has 0 saturated heterocycles. The van der Waals surface area contributed by atoms with Crippen LogP contribution in [-0.4, -0.2) is 11.5 Å². The minimum atomic E-state index is 0.128. The average molecular weight is 325 g/mol. The first-order valence-corrected chi connectivity index (χ1v) is 8.87. The molecule has 2 nitrogen and oxygen atoms in total. The molecule has 2 heteroatoms. The highest BCUT2D eigenvalue weighted by atomic mass is 14.9. The van der Waals surface area contributed by atoms with Gasteiger partial charge in [-0.1, -0.05) is 88.4 Å². The standard InChI is InChI=1S/C18H20N2.2C2H6/c1-14(17-10-6-4-7-11-17)19-16(3)20-15(2)18-12-8-5-9-13-18;2*1-2/h4-14H,1-3H3;2*1-2H3. The van der Waals surface area contributed by atoms with E-state index in [4.69, 9.17) is 0 Å². The molecule has 2 rings (SSSR count). The molecule has 24 heavy (non-hydrogen) atoms. The van der Waals surface area contributed by atoms with Gasteiger partial charge >= 0.3 is 0 Å². The summed E-state index contributed by atoms with van der Waals surface area (Å²) >= 11 is 0. The number of nitrogens with zero attached hydrogens (tertiary/aromatic N) is 2. The molecule has 0 bridgehead atoms.